The summed E-state index contributed by atoms with van der Waals surface area (Å²) in [4.78, 5) is 12.0. The largest absolute Gasteiger partial charge is 0.323 e. The molecular weight excluding hydrogens is 283 g/mol. The smallest absolute Gasteiger partial charge is 0.228 e. The van der Waals surface area contributed by atoms with E-state index >= 15 is 0 Å². The molecule has 1 aromatic rings. The van der Waals surface area contributed by atoms with Crippen molar-refractivity contribution in [3.8, 4) is 0 Å². The van der Waals surface area contributed by atoms with Gasteiger partial charge < -0.3 is 10.6 Å². The molecular formula is C13H17FN2O3S. The zero-order valence-corrected chi connectivity index (χ0v) is 12.0. The number of carbonyl (C=O) groups is 1. The van der Waals surface area contributed by atoms with Crippen molar-refractivity contribution in [1.29, 1.82) is 0 Å². The topological polar surface area (TPSA) is 75.3 Å². The summed E-state index contributed by atoms with van der Waals surface area (Å²) in [6.07, 6.45) is 2.67. The fourth-order valence-corrected chi connectivity index (χ4v) is 2.79. The maximum absolute atomic E-state index is 13.7. The third-order valence-corrected chi connectivity index (χ3v) is 4.40. The molecule has 0 aromatic heterocycles. The first-order valence-electron chi connectivity index (χ1n) is 6.39. The van der Waals surface area contributed by atoms with Gasteiger partial charge in [-0.15, -0.1) is 0 Å². The molecule has 0 radical (unpaired) electrons. The summed E-state index contributed by atoms with van der Waals surface area (Å²) in [6, 6.07) is 3.38. The fourth-order valence-electron chi connectivity index (χ4n) is 2.14. The first-order chi connectivity index (χ1) is 9.38. The lowest BCUT2D eigenvalue weighted by Gasteiger charge is -2.22. The maximum atomic E-state index is 13.7. The van der Waals surface area contributed by atoms with E-state index in [9.17, 15) is 17.6 Å². The Morgan fingerprint density at radius 1 is 1.45 bits per heavy atom. The molecule has 0 saturated carbocycles. The summed E-state index contributed by atoms with van der Waals surface area (Å²) < 4.78 is 36.5. The van der Waals surface area contributed by atoms with E-state index in [0.29, 0.717) is 6.54 Å². The van der Waals surface area contributed by atoms with Gasteiger partial charge >= 0.3 is 0 Å². The lowest BCUT2D eigenvalue weighted by molar-refractivity contribution is -0.120. The highest BCUT2D eigenvalue weighted by Gasteiger charge is 2.22. The predicted molar refractivity (Wildman–Crippen MR) is 73.7 cm³/mol. The van der Waals surface area contributed by atoms with Crippen molar-refractivity contribution in [2.24, 2.45) is 5.92 Å². The van der Waals surface area contributed by atoms with E-state index in [1.54, 1.807) is 0 Å². The average molecular weight is 300 g/mol. The number of sulfone groups is 1. The van der Waals surface area contributed by atoms with Crippen LogP contribution in [0.5, 0.6) is 0 Å². The van der Waals surface area contributed by atoms with Gasteiger partial charge in [0.1, 0.15) is 5.82 Å². The third-order valence-electron chi connectivity index (χ3n) is 3.29. The van der Waals surface area contributed by atoms with Crippen molar-refractivity contribution in [1.82, 2.24) is 5.32 Å². The van der Waals surface area contributed by atoms with Gasteiger partial charge in [0.2, 0.25) is 5.91 Å². The van der Waals surface area contributed by atoms with Gasteiger partial charge in [-0.25, -0.2) is 12.8 Å². The SMILES string of the molecule is CS(=O)(=O)c1ccc(F)c(NC(=O)C2CCCNC2)c1. The van der Waals surface area contributed by atoms with Gasteiger partial charge in [0.15, 0.2) is 9.84 Å². The molecule has 0 bridgehead atoms. The number of benzene rings is 1. The Morgan fingerprint density at radius 3 is 2.80 bits per heavy atom. The molecule has 1 aliphatic rings. The highest BCUT2D eigenvalue weighted by Crippen LogP contribution is 2.21. The van der Waals surface area contributed by atoms with Crippen LogP contribution in [0.3, 0.4) is 0 Å². The molecule has 0 spiro atoms. The van der Waals surface area contributed by atoms with Gasteiger partial charge in [-0.1, -0.05) is 0 Å². The summed E-state index contributed by atoms with van der Waals surface area (Å²) in [5.74, 6) is -1.15. The molecule has 110 valence electrons. The number of carbonyl (C=O) groups excluding carboxylic acids is 1. The van der Waals surface area contributed by atoms with E-state index in [2.05, 4.69) is 10.6 Å². The van der Waals surface area contributed by atoms with Crippen LogP contribution in [0.25, 0.3) is 0 Å². The number of halogens is 1. The van der Waals surface area contributed by atoms with Gasteiger partial charge in [-0.05, 0) is 37.6 Å². The molecule has 7 heteroatoms. The van der Waals surface area contributed by atoms with E-state index in [1.165, 1.54) is 6.07 Å². The van der Waals surface area contributed by atoms with Crippen LogP contribution in [0, 0.1) is 11.7 Å². The number of anilines is 1. The van der Waals surface area contributed by atoms with Crippen LogP contribution in [0.2, 0.25) is 0 Å². The van der Waals surface area contributed by atoms with Gasteiger partial charge in [-0.3, -0.25) is 4.79 Å². The van der Waals surface area contributed by atoms with Crippen molar-refractivity contribution in [2.45, 2.75) is 17.7 Å². The van der Waals surface area contributed by atoms with Crippen LogP contribution in [0.15, 0.2) is 23.1 Å². The van der Waals surface area contributed by atoms with Crippen LogP contribution in [-0.4, -0.2) is 33.7 Å². The second-order valence-electron chi connectivity index (χ2n) is 4.95. The molecule has 1 saturated heterocycles. The molecule has 1 unspecified atom stereocenters. The number of nitrogens with one attached hydrogen (secondary N) is 2. The minimum atomic E-state index is -3.43. The van der Waals surface area contributed by atoms with Gasteiger partial charge in [0.25, 0.3) is 0 Å². The molecule has 1 amide bonds. The second kappa shape index (κ2) is 5.88. The zero-order chi connectivity index (χ0) is 14.8. The molecule has 1 fully saturated rings. The summed E-state index contributed by atoms with van der Waals surface area (Å²) in [5, 5.41) is 5.58. The molecule has 20 heavy (non-hydrogen) atoms. The number of piperidine rings is 1. The Labute approximate surface area is 117 Å². The Morgan fingerprint density at radius 2 is 2.20 bits per heavy atom. The Hall–Kier alpha value is -1.47. The van der Waals surface area contributed by atoms with E-state index in [1.807, 2.05) is 0 Å². The lowest BCUT2D eigenvalue weighted by Crippen LogP contribution is -2.37. The maximum Gasteiger partial charge on any atom is 0.228 e. The van der Waals surface area contributed by atoms with Crippen LogP contribution in [0.4, 0.5) is 10.1 Å². The Bertz CT molecular complexity index is 610. The summed E-state index contributed by atoms with van der Waals surface area (Å²) in [6.45, 7) is 1.43. The number of amides is 1. The van der Waals surface area contributed by atoms with Crippen molar-refractivity contribution >= 4 is 21.4 Å². The third kappa shape index (κ3) is 3.55. The molecule has 1 atom stereocenters. The highest BCUT2D eigenvalue weighted by atomic mass is 32.2. The van der Waals surface area contributed by atoms with Crippen molar-refractivity contribution in [3.05, 3.63) is 24.0 Å². The summed E-state index contributed by atoms with van der Waals surface area (Å²) in [5.41, 5.74) is -0.0940. The zero-order valence-electron chi connectivity index (χ0n) is 11.1. The normalized spacial score (nSPS) is 19.6. The Balaban J connectivity index is 2.18. The molecule has 1 aliphatic heterocycles. The quantitative estimate of drug-likeness (QED) is 0.822. The van der Waals surface area contributed by atoms with Crippen molar-refractivity contribution < 1.29 is 17.6 Å². The van der Waals surface area contributed by atoms with E-state index in [0.717, 1.165) is 37.8 Å². The van der Waals surface area contributed by atoms with Crippen molar-refractivity contribution in [2.75, 3.05) is 24.7 Å². The number of rotatable bonds is 3. The first kappa shape index (κ1) is 14.9. The lowest BCUT2D eigenvalue weighted by atomic mass is 9.99. The van der Waals surface area contributed by atoms with Crippen LogP contribution >= 0.6 is 0 Å². The van der Waals surface area contributed by atoms with Gasteiger partial charge in [0.05, 0.1) is 16.5 Å². The molecule has 0 aliphatic carbocycles. The number of hydrogen-bond acceptors (Lipinski definition) is 4. The van der Waals surface area contributed by atoms with Crippen LogP contribution < -0.4 is 10.6 Å². The highest BCUT2D eigenvalue weighted by molar-refractivity contribution is 7.90. The summed E-state index contributed by atoms with van der Waals surface area (Å²) >= 11 is 0. The monoisotopic (exact) mass is 300 g/mol. The first-order valence-corrected chi connectivity index (χ1v) is 8.28. The van der Waals surface area contributed by atoms with E-state index in [-0.39, 0.29) is 22.4 Å². The van der Waals surface area contributed by atoms with Crippen molar-refractivity contribution in [3.63, 3.8) is 0 Å². The molecule has 1 heterocycles. The van der Waals surface area contributed by atoms with E-state index < -0.39 is 15.7 Å². The summed E-state index contributed by atoms with van der Waals surface area (Å²) in [7, 11) is -3.43. The fraction of sp³-hybridized carbons (Fsp3) is 0.462. The molecule has 2 rings (SSSR count). The Kier molecular flexibility index (Phi) is 4.39. The standard InChI is InChI=1S/C13H17FN2O3S/c1-20(18,19)10-4-5-11(14)12(7-10)16-13(17)9-3-2-6-15-8-9/h4-5,7,9,15H,2-3,6,8H2,1H3,(H,16,17). The minimum absolute atomic E-state index is 0.0176. The van der Waals surface area contributed by atoms with Crippen LogP contribution in [-0.2, 0) is 14.6 Å². The average Bonchev–Trinajstić information content (AvgIpc) is 2.41. The van der Waals surface area contributed by atoms with Gasteiger partial charge in [0, 0.05) is 12.8 Å². The van der Waals surface area contributed by atoms with Crippen LogP contribution in [0.1, 0.15) is 12.8 Å². The molecule has 5 nitrogen and oxygen atoms in total. The van der Waals surface area contributed by atoms with Gasteiger partial charge in [-0.2, -0.15) is 0 Å². The second-order valence-corrected chi connectivity index (χ2v) is 6.96. The molecule has 1 aromatic carbocycles. The molecule has 2 N–H and O–H groups in total. The minimum Gasteiger partial charge on any atom is -0.323 e. The number of hydrogen-bond donors (Lipinski definition) is 2. The van der Waals surface area contributed by atoms with E-state index in [4.69, 9.17) is 0 Å². The predicted octanol–water partition coefficient (Wildman–Crippen LogP) is 1.17.